The first kappa shape index (κ1) is 24.4. The standard InChI is InChI=1S/C24H28F2N2O5/c1-15-12-20(16(2)28(15)18-8-10-19(11-9-18)33-24(25)26)21(29)14-32-22(30)13-27-23(31)17-6-4-3-5-7-17/h8-12,17,24H,3-7,13-14H2,1-2H3,(H,27,31). The summed E-state index contributed by atoms with van der Waals surface area (Å²) in [7, 11) is 0. The summed E-state index contributed by atoms with van der Waals surface area (Å²) in [6.45, 7) is -0.0625. The molecule has 9 heteroatoms. The maximum Gasteiger partial charge on any atom is 0.387 e. The van der Waals surface area contributed by atoms with E-state index in [1.54, 1.807) is 36.6 Å². The summed E-state index contributed by atoms with van der Waals surface area (Å²) in [5, 5.41) is 2.59. The molecule has 1 aromatic heterocycles. The topological polar surface area (TPSA) is 86.6 Å². The second-order valence-corrected chi connectivity index (χ2v) is 8.13. The van der Waals surface area contributed by atoms with Gasteiger partial charge in [-0.05, 0) is 57.0 Å². The van der Waals surface area contributed by atoms with Gasteiger partial charge in [-0.3, -0.25) is 14.4 Å². The Morgan fingerprint density at radius 2 is 1.76 bits per heavy atom. The summed E-state index contributed by atoms with van der Waals surface area (Å²) in [6.07, 6.45) is 4.83. The van der Waals surface area contributed by atoms with E-state index in [2.05, 4.69) is 10.1 Å². The third-order valence-electron chi connectivity index (χ3n) is 5.80. The van der Waals surface area contributed by atoms with Crippen molar-refractivity contribution in [3.8, 4) is 11.4 Å². The molecule has 1 aliphatic rings. The zero-order chi connectivity index (χ0) is 24.0. The van der Waals surface area contributed by atoms with Crippen LogP contribution in [0.1, 0.15) is 53.8 Å². The number of esters is 1. The number of nitrogens with one attached hydrogen (secondary N) is 1. The summed E-state index contributed by atoms with van der Waals surface area (Å²) >= 11 is 0. The van der Waals surface area contributed by atoms with E-state index in [4.69, 9.17) is 4.74 Å². The molecule has 0 spiro atoms. The largest absolute Gasteiger partial charge is 0.456 e. The number of alkyl halides is 2. The van der Waals surface area contributed by atoms with Crippen molar-refractivity contribution < 1.29 is 32.6 Å². The van der Waals surface area contributed by atoms with Gasteiger partial charge >= 0.3 is 12.6 Å². The smallest absolute Gasteiger partial charge is 0.387 e. The highest BCUT2D eigenvalue weighted by atomic mass is 19.3. The lowest BCUT2D eigenvalue weighted by Gasteiger charge is -2.20. The van der Waals surface area contributed by atoms with Crippen molar-refractivity contribution >= 4 is 17.7 Å². The molecular formula is C24H28F2N2O5. The maximum atomic E-state index is 12.6. The van der Waals surface area contributed by atoms with E-state index in [0.29, 0.717) is 16.9 Å². The van der Waals surface area contributed by atoms with Gasteiger partial charge in [-0.2, -0.15) is 8.78 Å². The van der Waals surface area contributed by atoms with Crippen LogP contribution in [0, 0.1) is 19.8 Å². The quantitative estimate of drug-likeness (QED) is 0.448. The van der Waals surface area contributed by atoms with Gasteiger partial charge in [0, 0.05) is 28.6 Å². The molecule has 0 atom stereocenters. The van der Waals surface area contributed by atoms with Crippen LogP contribution in [-0.2, 0) is 14.3 Å². The number of hydrogen-bond donors (Lipinski definition) is 1. The Bertz CT molecular complexity index is 995. The summed E-state index contributed by atoms with van der Waals surface area (Å²) in [5.74, 6) is -1.22. The SMILES string of the molecule is Cc1cc(C(=O)COC(=O)CNC(=O)C2CCCCC2)c(C)n1-c1ccc(OC(F)F)cc1. The first-order valence-electron chi connectivity index (χ1n) is 11.0. The molecular weight excluding hydrogens is 434 g/mol. The van der Waals surface area contributed by atoms with Gasteiger partial charge in [0.2, 0.25) is 11.7 Å². The van der Waals surface area contributed by atoms with E-state index in [0.717, 1.165) is 37.8 Å². The predicted molar refractivity (Wildman–Crippen MR) is 117 cm³/mol. The predicted octanol–water partition coefficient (Wildman–Crippen LogP) is 4.12. The molecule has 0 unspecified atom stereocenters. The Balaban J connectivity index is 1.56. The highest BCUT2D eigenvalue weighted by molar-refractivity contribution is 5.99. The number of hydrogen-bond acceptors (Lipinski definition) is 5. The molecule has 1 fully saturated rings. The number of carbonyl (C=O) groups is 3. The van der Waals surface area contributed by atoms with Gasteiger partial charge in [0.1, 0.15) is 12.3 Å². The lowest BCUT2D eigenvalue weighted by Crippen LogP contribution is -2.36. The van der Waals surface area contributed by atoms with Gasteiger partial charge < -0.3 is 19.4 Å². The second-order valence-electron chi connectivity index (χ2n) is 8.13. The number of aryl methyl sites for hydroxylation is 1. The zero-order valence-electron chi connectivity index (χ0n) is 18.7. The molecule has 1 amide bonds. The lowest BCUT2D eigenvalue weighted by molar-refractivity contribution is -0.143. The number of aromatic nitrogens is 1. The van der Waals surface area contributed by atoms with Gasteiger partial charge in [0.05, 0.1) is 0 Å². The number of Topliss-reactive ketones (excluding diaryl/α,β-unsaturated/α-hetero) is 1. The molecule has 0 bridgehead atoms. The minimum absolute atomic E-state index is 0.0370. The summed E-state index contributed by atoms with van der Waals surface area (Å²) in [4.78, 5) is 36.8. The molecule has 3 rings (SSSR count). The van der Waals surface area contributed by atoms with E-state index in [9.17, 15) is 23.2 Å². The number of ether oxygens (including phenoxy) is 2. The Kier molecular flexibility index (Phi) is 8.19. The van der Waals surface area contributed by atoms with Crippen LogP contribution in [0.2, 0.25) is 0 Å². The van der Waals surface area contributed by atoms with Gasteiger partial charge in [0.25, 0.3) is 0 Å². The lowest BCUT2D eigenvalue weighted by atomic mass is 9.89. The van der Waals surface area contributed by atoms with Gasteiger partial charge in [-0.15, -0.1) is 0 Å². The van der Waals surface area contributed by atoms with E-state index < -0.39 is 19.2 Å². The van der Waals surface area contributed by atoms with Crippen molar-refractivity contribution in [3.05, 3.63) is 47.3 Å². The number of carbonyl (C=O) groups excluding carboxylic acids is 3. The minimum Gasteiger partial charge on any atom is -0.456 e. The second kappa shape index (κ2) is 11.1. The number of amides is 1. The highest BCUT2D eigenvalue weighted by Crippen LogP contribution is 2.25. The monoisotopic (exact) mass is 462 g/mol. The number of ketones is 1. The average molecular weight is 462 g/mol. The molecule has 1 heterocycles. The average Bonchev–Trinajstić information content (AvgIpc) is 3.10. The van der Waals surface area contributed by atoms with Gasteiger partial charge in [0.15, 0.2) is 6.61 Å². The van der Waals surface area contributed by atoms with Crippen LogP contribution in [0.3, 0.4) is 0 Å². The fourth-order valence-corrected chi connectivity index (χ4v) is 4.16. The van der Waals surface area contributed by atoms with Crippen molar-refractivity contribution in [2.24, 2.45) is 5.92 Å². The Morgan fingerprint density at radius 3 is 2.39 bits per heavy atom. The molecule has 1 aliphatic carbocycles. The van der Waals surface area contributed by atoms with Crippen molar-refractivity contribution in [1.29, 1.82) is 0 Å². The number of benzene rings is 1. The first-order valence-corrected chi connectivity index (χ1v) is 11.0. The van der Waals surface area contributed by atoms with Crippen LogP contribution in [-0.4, -0.2) is 42.0 Å². The highest BCUT2D eigenvalue weighted by Gasteiger charge is 2.22. The molecule has 2 aromatic rings. The van der Waals surface area contributed by atoms with Crippen molar-refractivity contribution in [2.45, 2.75) is 52.6 Å². The Labute approximate surface area is 191 Å². The van der Waals surface area contributed by atoms with Crippen LogP contribution in [0.4, 0.5) is 8.78 Å². The van der Waals surface area contributed by atoms with E-state index in [1.165, 1.54) is 12.1 Å². The molecule has 33 heavy (non-hydrogen) atoms. The fraction of sp³-hybridized carbons (Fsp3) is 0.458. The third-order valence-corrected chi connectivity index (χ3v) is 5.80. The first-order chi connectivity index (χ1) is 15.8. The van der Waals surface area contributed by atoms with Crippen LogP contribution in [0.25, 0.3) is 5.69 Å². The molecule has 1 N–H and O–H groups in total. The van der Waals surface area contributed by atoms with Crippen molar-refractivity contribution in [2.75, 3.05) is 13.2 Å². The third kappa shape index (κ3) is 6.40. The Hall–Kier alpha value is -3.23. The molecule has 0 aliphatic heterocycles. The number of halogens is 2. The molecule has 0 saturated heterocycles. The number of rotatable bonds is 9. The van der Waals surface area contributed by atoms with Gasteiger partial charge in [-0.25, -0.2) is 0 Å². The fourth-order valence-electron chi connectivity index (χ4n) is 4.16. The van der Waals surface area contributed by atoms with E-state index in [1.807, 2.05) is 0 Å². The van der Waals surface area contributed by atoms with Crippen LogP contribution < -0.4 is 10.1 Å². The maximum absolute atomic E-state index is 12.6. The molecule has 0 radical (unpaired) electrons. The van der Waals surface area contributed by atoms with E-state index >= 15 is 0 Å². The Morgan fingerprint density at radius 1 is 1.09 bits per heavy atom. The summed E-state index contributed by atoms with van der Waals surface area (Å²) in [6, 6.07) is 7.75. The minimum atomic E-state index is -2.90. The molecule has 1 saturated carbocycles. The summed E-state index contributed by atoms with van der Waals surface area (Å²) < 4.78 is 35.9. The zero-order valence-corrected chi connectivity index (χ0v) is 18.7. The molecule has 7 nitrogen and oxygen atoms in total. The van der Waals surface area contributed by atoms with Gasteiger partial charge in [-0.1, -0.05) is 19.3 Å². The molecule has 178 valence electrons. The van der Waals surface area contributed by atoms with Crippen LogP contribution in [0.15, 0.2) is 30.3 Å². The normalized spacial score (nSPS) is 14.2. The summed E-state index contributed by atoms with van der Waals surface area (Å²) in [5.41, 5.74) is 2.44. The molecule has 1 aromatic carbocycles. The number of nitrogens with zero attached hydrogens (tertiary/aromatic N) is 1. The van der Waals surface area contributed by atoms with Crippen LogP contribution >= 0.6 is 0 Å². The van der Waals surface area contributed by atoms with Crippen molar-refractivity contribution in [1.82, 2.24) is 9.88 Å². The van der Waals surface area contributed by atoms with Crippen molar-refractivity contribution in [3.63, 3.8) is 0 Å². The van der Waals surface area contributed by atoms with Crippen LogP contribution in [0.5, 0.6) is 5.75 Å². The van der Waals surface area contributed by atoms with E-state index in [-0.39, 0.29) is 29.9 Å².